The van der Waals surface area contributed by atoms with Crippen LogP contribution in [-0.4, -0.2) is 5.11 Å². The van der Waals surface area contributed by atoms with Crippen LogP contribution in [0.4, 0.5) is 0 Å². The van der Waals surface area contributed by atoms with E-state index in [1.165, 1.54) is 0 Å². The fourth-order valence-corrected chi connectivity index (χ4v) is 3.77. The standard InChI is InChI=1S/C14H14BrClOS/c1-9-5-6-18-13(9)14(2,17)8-10-3-4-11(15)7-12(10)16/h3-7,17H,8H2,1-2H3. The highest BCUT2D eigenvalue weighted by Crippen LogP contribution is 2.34. The average Bonchev–Trinajstić information content (AvgIpc) is 2.69. The van der Waals surface area contributed by atoms with Crippen LogP contribution in [0.3, 0.4) is 0 Å². The number of hydrogen-bond acceptors (Lipinski definition) is 2. The van der Waals surface area contributed by atoms with Gasteiger partial charge in [0.1, 0.15) is 5.60 Å². The first-order valence-corrected chi connectivity index (χ1v) is 7.66. The monoisotopic (exact) mass is 344 g/mol. The summed E-state index contributed by atoms with van der Waals surface area (Å²) in [6.45, 7) is 3.85. The van der Waals surface area contributed by atoms with E-state index >= 15 is 0 Å². The Morgan fingerprint density at radius 1 is 1.39 bits per heavy atom. The van der Waals surface area contributed by atoms with Crippen molar-refractivity contribution in [1.29, 1.82) is 0 Å². The molecule has 0 fully saturated rings. The van der Waals surface area contributed by atoms with Gasteiger partial charge in [-0.2, -0.15) is 0 Å². The Bertz CT molecular complexity index is 563. The lowest BCUT2D eigenvalue weighted by molar-refractivity contribution is 0.0609. The highest BCUT2D eigenvalue weighted by molar-refractivity contribution is 9.10. The number of aliphatic hydroxyl groups is 1. The molecule has 0 radical (unpaired) electrons. The molecule has 0 saturated carbocycles. The van der Waals surface area contributed by atoms with Gasteiger partial charge in [0.25, 0.3) is 0 Å². The maximum absolute atomic E-state index is 10.6. The molecule has 1 aromatic carbocycles. The van der Waals surface area contributed by atoms with Crippen molar-refractivity contribution in [2.24, 2.45) is 0 Å². The number of thiophene rings is 1. The Hall–Kier alpha value is -0.350. The molecule has 1 N–H and O–H groups in total. The van der Waals surface area contributed by atoms with E-state index in [4.69, 9.17) is 11.6 Å². The van der Waals surface area contributed by atoms with Crippen molar-refractivity contribution >= 4 is 38.9 Å². The number of hydrogen-bond donors (Lipinski definition) is 1. The first-order chi connectivity index (χ1) is 8.40. The molecule has 18 heavy (non-hydrogen) atoms. The van der Waals surface area contributed by atoms with E-state index < -0.39 is 5.60 Å². The van der Waals surface area contributed by atoms with Crippen molar-refractivity contribution in [1.82, 2.24) is 0 Å². The second kappa shape index (κ2) is 5.33. The van der Waals surface area contributed by atoms with E-state index in [9.17, 15) is 5.11 Å². The third kappa shape index (κ3) is 2.97. The zero-order chi connectivity index (χ0) is 13.3. The highest BCUT2D eigenvalue weighted by Gasteiger charge is 2.27. The summed E-state index contributed by atoms with van der Waals surface area (Å²) in [4.78, 5) is 1.00. The normalized spacial score (nSPS) is 14.5. The molecule has 2 rings (SSSR count). The van der Waals surface area contributed by atoms with Gasteiger partial charge in [0, 0.05) is 20.8 Å². The van der Waals surface area contributed by atoms with Gasteiger partial charge in [0.2, 0.25) is 0 Å². The molecule has 0 aliphatic carbocycles. The van der Waals surface area contributed by atoms with E-state index in [1.54, 1.807) is 11.3 Å². The molecule has 0 aliphatic heterocycles. The number of halogens is 2. The van der Waals surface area contributed by atoms with E-state index in [0.29, 0.717) is 11.4 Å². The second-order valence-corrected chi connectivity index (χ2v) is 6.86. The molecule has 4 heteroatoms. The van der Waals surface area contributed by atoms with Gasteiger partial charge in [-0.15, -0.1) is 11.3 Å². The largest absolute Gasteiger partial charge is 0.384 e. The van der Waals surface area contributed by atoms with Crippen molar-refractivity contribution in [3.63, 3.8) is 0 Å². The van der Waals surface area contributed by atoms with Crippen LogP contribution in [0.15, 0.2) is 34.1 Å². The lowest BCUT2D eigenvalue weighted by atomic mass is 9.93. The first-order valence-electron chi connectivity index (χ1n) is 5.61. The summed E-state index contributed by atoms with van der Waals surface area (Å²) in [6.07, 6.45) is 0.514. The predicted molar refractivity (Wildman–Crippen MR) is 81.5 cm³/mol. The lowest BCUT2D eigenvalue weighted by Gasteiger charge is -2.24. The Labute approximate surface area is 125 Å². The maximum atomic E-state index is 10.6. The van der Waals surface area contributed by atoms with Crippen LogP contribution in [0.5, 0.6) is 0 Å². The molecule has 1 aromatic heterocycles. The van der Waals surface area contributed by atoms with Crippen LogP contribution >= 0.6 is 38.9 Å². The molecule has 0 amide bonds. The smallest absolute Gasteiger partial charge is 0.100 e. The van der Waals surface area contributed by atoms with Crippen LogP contribution in [0.25, 0.3) is 0 Å². The predicted octanol–water partition coefficient (Wildman–Crippen LogP) is 4.92. The zero-order valence-corrected chi connectivity index (χ0v) is 13.4. The average molecular weight is 346 g/mol. The van der Waals surface area contributed by atoms with E-state index in [1.807, 2.05) is 43.5 Å². The molecule has 0 saturated heterocycles. The van der Waals surface area contributed by atoms with Crippen LogP contribution in [0.1, 0.15) is 22.9 Å². The molecule has 1 atom stereocenters. The molecular weight excluding hydrogens is 332 g/mol. The van der Waals surface area contributed by atoms with Gasteiger partial charge in [-0.25, -0.2) is 0 Å². The fourth-order valence-electron chi connectivity index (χ4n) is 2.04. The summed E-state index contributed by atoms with van der Waals surface area (Å²) < 4.78 is 0.947. The van der Waals surface area contributed by atoms with Crippen molar-refractivity contribution in [3.8, 4) is 0 Å². The van der Waals surface area contributed by atoms with E-state index in [0.717, 1.165) is 20.5 Å². The summed E-state index contributed by atoms with van der Waals surface area (Å²) in [5, 5.41) is 13.3. The first kappa shape index (κ1) is 14.1. The summed E-state index contributed by atoms with van der Waals surface area (Å²) in [7, 11) is 0. The summed E-state index contributed by atoms with van der Waals surface area (Å²) in [6, 6.07) is 7.77. The molecule has 1 unspecified atom stereocenters. The zero-order valence-electron chi connectivity index (χ0n) is 10.2. The maximum Gasteiger partial charge on any atom is 0.100 e. The molecular formula is C14H14BrClOS. The van der Waals surface area contributed by atoms with Crippen molar-refractivity contribution in [2.45, 2.75) is 25.9 Å². The lowest BCUT2D eigenvalue weighted by Crippen LogP contribution is -2.24. The van der Waals surface area contributed by atoms with Crippen molar-refractivity contribution < 1.29 is 5.11 Å². The van der Waals surface area contributed by atoms with Crippen LogP contribution in [-0.2, 0) is 12.0 Å². The second-order valence-electron chi connectivity index (χ2n) is 4.62. The minimum atomic E-state index is -0.879. The summed E-state index contributed by atoms with van der Waals surface area (Å²) in [5.74, 6) is 0. The summed E-state index contributed by atoms with van der Waals surface area (Å²) in [5.41, 5.74) is 1.20. The van der Waals surface area contributed by atoms with E-state index in [-0.39, 0.29) is 0 Å². The molecule has 0 bridgehead atoms. The SMILES string of the molecule is Cc1ccsc1C(C)(O)Cc1ccc(Br)cc1Cl. The number of benzene rings is 1. The minimum absolute atomic E-state index is 0.514. The van der Waals surface area contributed by atoms with Crippen LogP contribution < -0.4 is 0 Å². The third-order valence-electron chi connectivity index (χ3n) is 2.90. The Morgan fingerprint density at radius 3 is 2.67 bits per heavy atom. The van der Waals surface area contributed by atoms with Gasteiger partial charge in [-0.1, -0.05) is 33.6 Å². The van der Waals surface area contributed by atoms with Gasteiger partial charge in [-0.3, -0.25) is 0 Å². The number of aryl methyl sites for hydroxylation is 1. The Balaban J connectivity index is 2.30. The van der Waals surface area contributed by atoms with Gasteiger partial charge < -0.3 is 5.11 Å². The Kier molecular flexibility index (Phi) is 4.17. The van der Waals surface area contributed by atoms with Crippen molar-refractivity contribution in [2.75, 3.05) is 0 Å². The number of rotatable bonds is 3. The molecule has 96 valence electrons. The molecule has 0 spiro atoms. The van der Waals surface area contributed by atoms with Crippen molar-refractivity contribution in [3.05, 3.63) is 55.1 Å². The quantitative estimate of drug-likeness (QED) is 0.837. The van der Waals surface area contributed by atoms with Gasteiger partial charge >= 0.3 is 0 Å². The minimum Gasteiger partial charge on any atom is -0.384 e. The summed E-state index contributed by atoms with van der Waals surface area (Å²) >= 11 is 11.2. The van der Waals surface area contributed by atoms with Crippen LogP contribution in [0.2, 0.25) is 5.02 Å². The van der Waals surface area contributed by atoms with Gasteiger partial charge in [0.15, 0.2) is 0 Å². The molecule has 0 aliphatic rings. The van der Waals surface area contributed by atoms with Gasteiger partial charge in [0.05, 0.1) is 0 Å². The van der Waals surface area contributed by atoms with Gasteiger partial charge in [-0.05, 0) is 48.6 Å². The molecule has 1 heterocycles. The Morgan fingerprint density at radius 2 is 2.11 bits per heavy atom. The topological polar surface area (TPSA) is 20.2 Å². The fraction of sp³-hybridized carbons (Fsp3) is 0.286. The third-order valence-corrected chi connectivity index (χ3v) is 5.02. The molecule has 2 aromatic rings. The highest BCUT2D eigenvalue weighted by atomic mass is 79.9. The molecule has 1 nitrogen and oxygen atoms in total. The van der Waals surface area contributed by atoms with E-state index in [2.05, 4.69) is 15.9 Å². The van der Waals surface area contributed by atoms with Crippen LogP contribution in [0, 0.1) is 6.92 Å².